The number of hydrogen-bond donors (Lipinski definition) is 1. The van der Waals surface area contributed by atoms with Crippen LogP contribution in [0.1, 0.15) is 0 Å². The van der Waals surface area contributed by atoms with Gasteiger partial charge in [0.25, 0.3) is 5.91 Å². The molecule has 0 bridgehead atoms. The first kappa shape index (κ1) is 17.3. The first-order valence-electron chi connectivity index (χ1n) is 7.78. The summed E-state index contributed by atoms with van der Waals surface area (Å²) >= 11 is 5.87. The van der Waals surface area contributed by atoms with E-state index in [1.165, 1.54) is 6.20 Å². The van der Waals surface area contributed by atoms with Gasteiger partial charge in [-0.1, -0.05) is 17.7 Å². The highest BCUT2D eigenvalue weighted by molar-refractivity contribution is 6.30. The average molecular weight is 360 g/mol. The Morgan fingerprint density at radius 2 is 2.20 bits per heavy atom. The maximum absolute atomic E-state index is 12.0. The fourth-order valence-electron chi connectivity index (χ4n) is 2.50. The first-order chi connectivity index (χ1) is 12.2. The number of anilines is 1. The molecule has 6 nitrogen and oxygen atoms in total. The number of nitrogens with one attached hydrogen (secondary N) is 1. The standard InChI is InChI=1S/C18H18ClN3O3/c1-24-10-9-22-8-6-14-15(22)3-2-4-16(14)25-12-18(23)21-17-11-13(19)5-7-20-17/h2-8,11H,9-10,12H2,1H3,(H,20,21,23). The molecule has 1 N–H and O–H groups in total. The zero-order chi connectivity index (χ0) is 17.6. The van der Waals surface area contributed by atoms with Gasteiger partial charge in [-0.05, 0) is 30.3 Å². The molecule has 0 saturated carbocycles. The minimum atomic E-state index is -0.300. The maximum atomic E-state index is 12.0. The second kappa shape index (κ2) is 8.00. The highest BCUT2D eigenvalue weighted by atomic mass is 35.5. The first-order valence-corrected chi connectivity index (χ1v) is 8.16. The summed E-state index contributed by atoms with van der Waals surface area (Å²) in [5, 5.41) is 4.11. The predicted molar refractivity (Wildman–Crippen MR) is 97.2 cm³/mol. The van der Waals surface area contributed by atoms with Crippen LogP contribution in [0.3, 0.4) is 0 Å². The number of fused-ring (bicyclic) bond motifs is 1. The van der Waals surface area contributed by atoms with Gasteiger partial charge in [-0.3, -0.25) is 4.79 Å². The average Bonchev–Trinajstić information content (AvgIpc) is 3.02. The topological polar surface area (TPSA) is 65.4 Å². The summed E-state index contributed by atoms with van der Waals surface area (Å²) in [6.07, 6.45) is 3.51. The van der Waals surface area contributed by atoms with E-state index < -0.39 is 0 Å². The molecule has 1 amide bonds. The summed E-state index contributed by atoms with van der Waals surface area (Å²) in [6, 6.07) is 10.9. The van der Waals surface area contributed by atoms with Gasteiger partial charge < -0.3 is 19.4 Å². The van der Waals surface area contributed by atoms with E-state index in [1.807, 2.05) is 30.5 Å². The van der Waals surface area contributed by atoms with E-state index in [9.17, 15) is 4.79 Å². The minimum absolute atomic E-state index is 0.115. The van der Waals surface area contributed by atoms with Crippen LogP contribution in [0.5, 0.6) is 5.75 Å². The number of aromatic nitrogens is 2. The molecule has 3 rings (SSSR count). The molecule has 0 unspecified atom stereocenters. The van der Waals surface area contributed by atoms with Crippen LogP contribution in [-0.2, 0) is 16.1 Å². The van der Waals surface area contributed by atoms with Crippen molar-refractivity contribution in [3.63, 3.8) is 0 Å². The van der Waals surface area contributed by atoms with Gasteiger partial charge >= 0.3 is 0 Å². The number of pyridine rings is 1. The minimum Gasteiger partial charge on any atom is -0.483 e. The lowest BCUT2D eigenvalue weighted by molar-refractivity contribution is -0.118. The molecule has 0 saturated heterocycles. The maximum Gasteiger partial charge on any atom is 0.263 e. The van der Waals surface area contributed by atoms with E-state index in [4.69, 9.17) is 21.1 Å². The van der Waals surface area contributed by atoms with Crippen molar-refractivity contribution >= 4 is 34.2 Å². The van der Waals surface area contributed by atoms with Crippen LogP contribution in [-0.4, -0.2) is 35.8 Å². The lowest BCUT2D eigenvalue weighted by Gasteiger charge is -2.09. The van der Waals surface area contributed by atoms with Crippen molar-refractivity contribution in [1.29, 1.82) is 0 Å². The van der Waals surface area contributed by atoms with E-state index in [0.717, 1.165) is 17.4 Å². The van der Waals surface area contributed by atoms with Crippen molar-refractivity contribution in [3.8, 4) is 5.75 Å². The fourth-order valence-corrected chi connectivity index (χ4v) is 2.66. The van der Waals surface area contributed by atoms with Crippen molar-refractivity contribution in [2.75, 3.05) is 25.6 Å². The second-order valence-corrected chi connectivity index (χ2v) is 5.82. The predicted octanol–water partition coefficient (Wildman–Crippen LogP) is 3.35. The van der Waals surface area contributed by atoms with E-state index in [2.05, 4.69) is 14.9 Å². The van der Waals surface area contributed by atoms with Gasteiger partial charge in [-0.2, -0.15) is 0 Å². The molecule has 1 aromatic carbocycles. The van der Waals surface area contributed by atoms with Crippen LogP contribution in [0, 0.1) is 0 Å². The van der Waals surface area contributed by atoms with Gasteiger partial charge in [0.15, 0.2) is 6.61 Å². The number of methoxy groups -OCH3 is 1. The third kappa shape index (κ3) is 4.29. The summed E-state index contributed by atoms with van der Waals surface area (Å²) in [6.45, 7) is 1.27. The zero-order valence-corrected chi connectivity index (χ0v) is 14.5. The van der Waals surface area contributed by atoms with Gasteiger partial charge in [0.1, 0.15) is 11.6 Å². The summed E-state index contributed by atoms with van der Waals surface area (Å²) in [5.74, 6) is 0.749. The highest BCUT2D eigenvalue weighted by Gasteiger charge is 2.09. The van der Waals surface area contributed by atoms with Gasteiger partial charge in [0.2, 0.25) is 0 Å². The Hall–Kier alpha value is -2.57. The van der Waals surface area contributed by atoms with E-state index in [1.54, 1.807) is 19.2 Å². The molecule has 7 heteroatoms. The molecule has 2 aromatic heterocycles. The molecule has 0 aliphatic heterocycles. The van der Waals surface area contributed by atoms with Gasteiger partial charge in [0.05, 0.1) is 12.1 Å². The number of ether oxygens (including phenoxy) is 2. The lowest BCUT2D eigenvalue weighted by Crippen LogP contribution is -2.20. The molecule has 3 aromatic rings. The van der Waals surface area contributed by atoms with Crippen molar-refractivity contribution in [2.45, 2.75) is 6.54 Å². The molecule has 0 radical (unpaired) electrons. The number of halogens is 1. The van der Waals surface area contributed by atoms with Crippen LogP contribution < -0.4 is 10.1 Å². The Balaban J connectivity index is 1.66. The van der Waals surface area contributed by atoms with Crippen molar-refractivity contribution in [3.05, 3.63) is 53.8 Å². The SMILES string of the molecule is COCCn1ccc2c(OCC(=O)Nc3cc(Cl)ccn3)cccc21. The summed E-state index contributed by atoms with van der Waals surface area (Å²) < 4.78 is 12.9. The Labute approximate surface area is 150 Å². The molecule has 0 atom stereocenters. The monoisotopic (exact) mass is 359 g/mol. The Kier molecular flexibility index (Phi) is 5.53. The van der Waals surface area contributed by atoms with E-state index >= 15 is 0 Å². The molecule has 0 aliphatic rings. The molecular formula is C18H18ClN3O3. The Bertz CT molecular complexity index is 879. The number of nitrogens with zero attached hydrogens (tertiary/aromatic N) is 2. The van der Waals surface area contributed by atoms with Crippen molar-refractivity contribution in [2.24, 2.45) is 0 Å². The van der Waals surface area contributed by atoms with Crippen LogP contribution >= 0.6 is 11.6 Å². The molecule has 2 heterocycles. The number of hydrogen-bond acceptors (Lipinski definition) is 4. The van der Waals surface area contributed by atoms with Crippen molar-refractivity contribution < 1.29 is 14.3 Å². The number of carbonyl (C=O) groups is 1. The smallest absolute Gasteiger partial charge is 0.263 e. The normalized spacial score (nSPS) is 10.8. The molecule has 0 spiro atoms. The molecule has 0 aliphatic carbocycles. The van der Waals surface area contributed by atoms with Gasteiger partial charge in [0, 0.05) is 36.5 Å². The van der Waals surface area contributed by atoms with Crippen molar-refractivity contribution in [1.82, 2.24) is 9.55 Å². The van der Waals surface area contributed by atoms with E-state index in [-0.39, 0.29) is 12.5 Å². The largest absolute Gasteiger partial charge is 0.483 e. The van der Waals surface area contributed by atoms with Crippen LogP contribution in [0.25, 0.3) is 10.9 Å². The molecule has 25 heavy (non-hydrogen) atoms. The summed E-state index contributed by atoms with van der Waals surface area (Å²) in [7, 11) is 1.67. The Morgan fingerprint density at radius 3 is 3.00 bits per heavy atom. The number of benzene rings is 1. The second-order valence-electron chi connectivity index (χ2n) is 5.39. The number of carbonyl (C=O) groups excluding carboxylic acids is 1. The third-order valence-corrected chi connectivity index (χ3v) is 3.89. The van der Waals surface area contributed by atoms with Crippen LogP contribution in [0.15, 0.2) is 48.8 Å². The molecule has 130 valence electrons. The van der Waals surface area contributed by atoms with Crippen LogP contribution in [0.4, 0.5) is 5.82 Å². The van der Waals surface area contributed by atoms with Crippen LogP contribution in [0.2, 0.25) is 5.02 Å². The number of amides is 1. The van der Waals surface area contributed by atoms with Gasteiger partial charge in [-0.25, -0.2) is 4.98 Å². The third-order valence-electron chi connectivity index (χ3n) is 3.66. The number of rotatable bonds is 7. The fraction of sp³-hybridized carbons (Fsp3) is 0.222. The molecular weight excluding hydrogens is 342 g/mol. The van der Waals surface area contributed by atoms with E-state index in [0.29, 0.717) is 23.2 Å². The summed E-state index contributed by atoms with van der Waals surface area (Å²) in [5.41, 5.74) is 1.03. The van der Waals surface area contributed by atoms with Gasteiger partial charge in [-0.15, -0.1) is 0 Å². The Morgan fingerprint density at radius 1 is 1.32 bits per heavy atom. The zero-order valence-electron chi connectivity index (χ0n) is 13.7. The lowest BCUT2D eigenvalue weighted by atomic mass is 10.2. The highest BCUT2D eigenvalue weighted by Crippen LogP contribution is 2.26. The quantitative estimate of drug-likeness (QED) is 0.702. The molecule has 0 fully saturated rings. The summed E-state index contributed by atoms with van der Waals surface area (Å²) in [4.78, 5) is 16.1.